The highest BCUT2D eigenvalue weighted by Crippen LogP contribution is 2.19. The van der Waals surface area contributed by atoms with Gasteiger partial charge in [-0.05, 0) is 35.7 Å². The third kappa shape index (κ3) is 5.13. The minimum atomic E-state index is -0.187. The number of aromatic nitrogens is 2. The van der Waals surface area contributed by atoms with E-state index in [1.54, 1.807) is 12.1 Å². The number of benzene rings is 2. The van der Waals surface area contributed by atoms with Crippen molar-refractivity contribution >= 4 is 22.4 Å². The van der Waals surface area contributed by atoms with E-state index in [-0.39, 0.29) is 5.91 Å². The van der Waals surface area contributed by atoms with E-state index in [1.807, 2.05) is 42.5 Å². The van der Waals surface area contributed by atoms with Gasteiger partial charge in [0, 0.05) is 12.0 Å². The Labute approximate surface area is 157 Å². The van der Waals surface area contributed by atoms with Gasteiger partial charge < -0.3 is 4.74 Å². The van der Waals surface area contributed by atoms with Crippen molar-refractivity contribution in [2.24, 2.45) is 5.92 Å². The predicted molar refractivity (Wildman–Crippen MR) is 104 cm³/mol. The number of hydrogen-bond donors (Lipinski definition) is 1. The largest absolute Gasteiger partial charge is 0.489 e. The smallest absolute Gasteiger partial charge is 0.257 e. The van der Waals surface area contributed by atoms with E-state index < -0.39 is 0 Å². The second kappa shape index (κ2) is 8.58. The van der Waals surface area contributed by atoms with Crippen LogP contribution >= 0.6 is 11.3 Å². The van der Waals surface area contributed by atoms with Gasteiger partial charge in [-0.1, -0.05) is 55.5 Å². The first kappa shape index (κ1) is 18.1. The number of carbonyl (C=O) groups is 1. The van der Waals surface area contributed by atoms with Crippen LogP contribution in [0.25, 0.3) is 0 Å². The Morgan fingerprint density at radius 2 is 1.81 bits per heavy atom. The lowest BCUT2D eigenvalue weighted by Gasteiger charge is -2.07. The van der Waals surface area contributed by atoms with Gasteiger partial charge in [0.2, 0.25) is 5.13 Å². The van der Waals surface area contributed by atoms with Crippen molar-refractivity contribution in [3.05, 3.63) is 70.7 Å². The molecule has 1 N–H and O–H groups in total. The maximum atomic E-state index is 12.3. The lowest BCUT2D eigenvalue weighted by molar-refractivity contribution is 0.102. The van der Waals surface area contributed by atoms with E-state index in [9.17, 15) is 4.79 Å². The Morgan fingerprint density at radius 1 is 1.08 bits per heavy atom. The van der Waals surface area contributed by atoms with Crippen LogP contribution in [0, 0.1) is 5.92 Å². The molecule has 6 heteroatoms. The highest BCUT2D eigenvalue weighted by atomic mass is 32.1. The van der Waals surface area contributed by atoms with Crippen molar-refractivity contribution in [1.82, 2.24) is 10.2 Å². The maximum Gasteiger partial charge on any atom is 0.257 e. The van der Waals surface area contributed by atoms with Crippen molar-refractivity contribution in [2.75, 3.05) is 5.32 Å². The van der Waals surface area contributed by atoms with Crippen LogP contribution in [0.2, 0.25) is 0 Å². The summed E-state index contributed by atoms with van der Waals surface area (Å²) in [6, 6.07) is 17.0. The third-order valence-electron chi connectivity index (χ3n) is 3.64. The molecule has 1 aromatic heterocycles. The van der Waals surface area contributed by atoms with Gasteiger partial charge in [-0.2, -0.15) is 0 Å². The molecule has 26 heavy (non-hydrogen) atoms. The van der Waals surface area contributed by atoms with Gasteiger partial charge in [-0.25, -0.2) is 0 Å². The van der Waals surface area contributed by atoms with E-state index in [2.05, 4.69) is 29.4 Å². The number of rotatable bonds is 7. The zero-order chi connectivity index (χ0) is 18.4. The molecule has 0 fully saturated rings. The molecule has 0 saturated heterocycles. The minimum Gasteiger partial charge on any atom is -0.489 e. The Morgan fingerprint density at radius 3 is 2.50 bits per heavy atom. The number of nitrogens with zero attached hydrogens (tertiary/aromatic N) is 2. The van der Waals surface area contributed by atoms with E-state index in [0.29, 0.717) is 23.2 Å². The summed E-state index contributed by atoms with van der Waals surface area (Å²) in [7, 11) is 0. The highest BCUT2D eigenvalue weighted by Gasteiger charge is 2.11. The summed E-state index contributed by atoms with van der Waals surface area (Å²) in [4.78, 5) is 12.3. The molecule has 0 saturated carbocycles. The van der Waals surface area contributed by atoms with Crippen molar-refractivity contribution in [2.45, 2.75) is 26.9 Å². The number of nitrogens with one attached hydrogen (secondary N) is 1. The molecular weight excluding hydrogens is 346 g/mol. The van der Waals surface area contributed by atoms with Crippen LogP contribution in [0.3, 0.4) is 0 Å². The molecule has 134 valence electrons. The number of hydrogen-bond acceptors (Lipinski definition) is 5. The number of ether oxygens (including phenoxy) is 1. The molecule has 0 aliphatic carbocycles. The summed E-state index contributed by atoms with van der Waals surface area (Å²) in [5, 5.41) is 12.4. The van der Waals surface area contributed by atoms with Gasteiger partial charge in [-0.15, -0.1) is 10.2 Å². The van der Waals surface area contributed by atoms with Crippen LogP contribution in [-0.4, -0.2) is 16.1 Å². The number of amides is 1. The molecule has 3 aromatic rings. The molecule has 2 aromatic carbocycles. The Kier molecular flexibility index (Phi) is 5.96. The zero-order valence-electron chi connectivity index (χ0n) is 14.8. The van der Waals surface area contributed by atoms with Gasteiger partial charge in [0.05, 0.1) is 0 Å². The molecule has 0 bridgehead atoms. The fourth-order valence-corrected chi connectivity index (χ4v) is 3.29. The summed E-state index contributed by atoms with van der Waals surface area (Å²) >= 11 is 1.42. The van der Waals surface area contributed by atoms with Crippen molar-refractivity contribution in [3.8, 4) is 5.75 Å². The average molecular weight is 367 g/mol. The normalized spacial score (nSPS) is 10.7. The monoisotopic (exact) mass is 367 g/mol. The van der Waals surface area contributed by atoms with E-state index >= 15 is 0 Å². The summed E-state index contributed by atoms with van der Waals surface area (Å²) in [5.41, 5.74) is 1.58. The summed E-state index contributed by atoms with van der Waals surface area (Å²) in [6.07, 6.45) is 0.865. The van der Waals surface area contributed by atoms with Crippen LogP contribution in [0.4, 0.5) is 5.13 Å². The van der Waals surface area contributed by atoms with Crippen LogP contribution in [0.5, 0.6) is 5.75 Å². The topological polar surface area (TPSA) is 64.1 Å². The lowest BCUT2D eigenvalue weighted by Crippen LogP contribution is -2.11. The van der Waals surface area contributed by atoms with Crippen molar-refractivity contribution in [1.29, 1.82) is 0 Å². The van der Waals surface area contributed by atoms with Crippen LogP contribution in [0.15, 0.2) is 54.6 Å². The average Bonchev–Trinajstić information content (AvgIpc) is 3.07. The van der Waals surface area contributed by atoms with Crippen LogP contribution in [-0.2, 0) is 13.0 Å². The van der Waals surface area contributed by atoms with Crippen molar-refractivity contribution in [3.63, 3.8) is 0 Å². The Balaban J connectivity index is 1.55. The Hall–Kier alpha value is -2.73. The van der Waals surface area contributed by atoms with Gasteiger partial charge in [0.25, 0.3) is 5.91 Å². The Bertz CT molecular complexity index is 845. The molecule has 0 spiro atoms. The van der Waals surface area contributed by atoms with Gasteiger partial charge in [-0.3, -0.25) is 10.1 Å². The molecule has 0 aliphatic heterocycles. The minimum absolute atomic E-state index is 0.187. The fourth-order valence-electron chi connectivity index (χ4n) is 2.34. The van der Waals surface area contributed by atoms with Crippen molar-refractivity contribution < 1.29 is 9.53 Å². The fraction of sp³-hybridized carbons (Fsp3) is 0.250. The zero-order valence-corrected chi connectivity index (χ0v) is 15.6. The molecule has 1 heterocycles. The molecule has 1 amide bonds. The second-order valence-corrected chi connectivity index (χ2v) is 7.41. The number of para-hydroxylation sites is 1. The van der Waals surface area contributed by atoms with Crippen LogP contribution in [0.1, 0.15) is 34.8 Å². The van der Waals surface area contributed by atoms with E-state index in [1.165, 1.54) is 11.3 Å². The van der Waals surface area contributed by atoms with E-state index in [0.717, 1.165) is 22.7 Å². The third-order valence-corrected chi connectivity index (χ3v) is 4.50. The highest BCUT2D eigenvalue weighted by molar-refractivity contribution is 7.15. The molecule has 0 radical (unpaired) electrons. The molecular formula is C20H21N3O2S. The molecule has 5 nitrogen and oxygen atoms in total. The first-order valence-electron chi connectivity index (χ1n) is 8.50. The summed E-state index contributed by atoms with van der Waals surface area (Å²) in [6.45, 7) is 4.71. The maximum absolute atomic E-state index is 12.3. The lowest BCUT2D eigenvalue weighted by atomic mass is 10.1. The van der Waals surface area contributed by atoms with Gasteiger partial charge in [0.1, 0.15) is 17.4 Å². The predicted octanol–water partition coefficient (Wildman–Crippen LogP) is 4.57. The standard InChI is InChI=1S/C20H21N3O2S/c1-14(2)12-18-22-23-20(26-18)21-19(24)16-10-8-15(9-11-16)13-25-17-6-4-3-5-7-17/h3-11,14H,12-13H2,1-2H3,(H,21,23,24). The first-order chi connectivity index (χ1) is 12.6. The number of carbonyl (C=O) groups excluding carboxylic acids is 1. The van der Waals surface area contributed by atoms with Gasteiger partial charge >= 0.3 is 0 Å². The van der Waals surface area contributed by atoms with Crippen LogP contribution < -0.4 is 10.1 Å². The molecule has 0 unspecified atom stereocenters. The molecule has 0 atom stereocenters. The molecule has 3 rings (SSSR count). The van der Waals surface area contributed by atoms with Gasteiger partial charge in [0.15, 0.2) is 0 Å². The SMILES string of the molecule is CC(C)Cc1nnc(NC(=O)c2ccc(COc3ccccc3)cc2)s1. The quantitative estimate of drug-likeness (QED) is 0.664. The molecule has 0 aliphatic rings. The van der Waals surface area contributed by atoms with E-state index in [4.69, 9.17) is 4.74 Å². The summed E-state index contributed by atoms with van der Waals surface area (Å²) < 4.78 is 5.71. The number of anilines is 1. The second-order valence-electron chi connectivity index (χ2n) is 6.35. The summed E-state index contributed by atoms with van der Waals surface area (Å²) in [5.74, 6) is 1.15. The first-order valence-corrected chi connectivity index (χ1v) is 9.32.